The van der Waals surface area contributed by atoms with Gasteiger partial charge in [-0.3, -0.25) is 4.79 Å². The highest BCUT2D eigenvalue weighted by molar-refractivity contribution is 9.11. The predicted molar refractivity (Wildman–Crippen MR) is 71.7 cm³/mol. The van der Waals surface area contributed by atoms with Crippen LogP contribution in [-0.2, 0) is 10.4 Å². The topological polar surface area (TPSA) is 49.3 Å². The Labute approximate surface area is 113 Å². The van der Waals surface area contributed by atoms with Gasteiger partial charge in [-0.05, 0) is 22.5 Å². The SMILES string of the molecule is O=C1NC2=CC=C(Br)CC2C1(O)c1ccccc1. The summed E-state index contributed by atoms with van der Waals surface area (Å²) in [5.74, 6) is -0.590. The molecule has 1 saturated heterocycles. The van der Waals surface area contributed by atoms with Crippen LogP contribution in [0.5, 0.6) is 0 Å². The number of carbonyl (C=O) groups excluding carboxylic acids is 1. The summed E-state index contributed by atoms with van der Waals surface area (Å²) in [6.45, 7) is 0. The molecule has 1 aromatic carbocycles. The Morgan fingerprint density at radius 1 is 1.28 bits per heavy atom. The summed E-state index contributed by atoms with van der Waals surface area (Å²) in [4.78, 5) is 12.1. The predicted octanol–water partition coefficient (Wildman–Crippen LogP) is 2.19. The number of hydrogen-bond acceptors (Lipinski definition) is 2. The highest BCUT2D eigenvalue weighted by atomic mass is 79.9. The molecule has 2 N–H and O–H groups in total. The molecule has 0 saturated carbocycles. The molecule has 0 bridgehead atoms. The van der Waals surface area contributed by atoms with Gasteiger partial charge in [0, 0.05) is 11.6 Å². The average Bonchev–Trinajstić information content (AvgIpc) is 2.64. The number of rotatable bonds is 1. The fourth-order valence-electron chi connectivity index (χ4n) is 2.58. The fourth-order valence-corrected chi connectivity index (χ4v) is 3.04. The van der Waals surface area contributed by atoms with E-state index in [1.54, 1.807) is 12.1 Å². The Morgan fingerprint density at radius 2 is 2.00 bits per heavy atom. The van der Waals surface area contributed by atoms with Crippen LogP contribution in [0.1, 0.15) is 12.0 Å². The largest absolute Gasteiger partial charge is 0.375 e. The van der Waals surface area contributed by atoms with Crippen molar-refractivity contribution in [2.75, 3.05) is 0 Å². The van der Waals surface area contributed by atoms with E-state index < -0.39 is 5.60 Å². The Balaban J connectivity index is 2.09. The van der Waals surface area contributed by atoms with Gasteiger partial charge in [0.15, 0.2) is 5.60 Å². The summed E-state index contributed by atoms with van der Waals surface area (Å²) in [5, 5.41) is 13.6. The first-order chi connectivity index (χ1) is 8.62. The first-order valence-electron chi connectivity index (χ1n) is 5.78. The van der Waals surface area contributed by atoms with E-state index in [1.165, 1.54) is 0 Å². The monoisotopic (exact) mass is 305 g/mol. The number of allylic oxidation sites excluding steroid dienone is 3. The van der Waals surface area contributed by atoms with Crippen LogP contribution in [0, 0.1) is 5.92 Å². The number of amides is 1. The van der Waals surface area contributed by atoms with E-state index >= 15 is 0 Å². The summed E-state index contributed by atoms with van der Waals surface area (Å²) < 4.78 is 0.988. The van der Waals surface area contributed by atoms with Crippen LogP contribution >= 0.6 is 15.9 Å². The van der Waals surface area contributed by atoms with Gasteiger partial charge in [-0.2, -0.15) is 0 Å². The number of carbonyl (C=O) groups is 1. The van der Waals surface area contributed by atoms with Crippen molar-refractivity contribution >= 4 is 21.8 Å². The molecule has 2 unspecified atom stereocenters. The van der Waals surface area contributed by atoms with Crippen molar-refractivity contribution in [3.63, 3.8) is 0 Å². The van der Waals surface area contributed by atoms with E-state index in [9.17, 15) is 9.90 Å². The van der Waals surface area contributed by atoms with Crippen LogP contribution in [0.3, 0.4) is 0 Å². The minimum absolute atomic E-state index is 0.244. The first-order valence-corrected chi connectivity index (χ1v) is 6.57. The molecule has 92 valence electrons. The van der Waals surface area contributed by atoms with E-state index in [0.717, 1.165) is 10.2 Å². The molecule has 1 aromatic rings. The Kier molecular flexibility index (Phi) is 2.64. The van der Waals surface area contributed by atoms with E-state index in [1.807, 2.05) is 30.4 Å². The van der Waals surface area contributed by atoms with Crippen LogP contribution < -0.4 is 5.32 Å². The lowest BCUT2D eigenvalue weighted by atomic mass is 9.79. The lowest BCUT2D eigenvalue weighted by molar-refractivity contribution is -0.139. The van der Waals surface area contributed by atoms with Crippen LogP contribution in [-0.4, -0.2) is 11.0 Å². The van der Waals surface area contributed by atoms with Crippen molar-refractivity contribution in [2.24, 2.45) is 5.92 Å². The van der Waals surface area contributed by atoms with Gasteiger partial charge in [0.1, 0.15) is 0 Å². The second kappa shape index (κ2) is 4.07. The highest BCUT2D eigenvalue weighted by Crippen LogP contribution is 2.45. The molecule has 0 aromatic heterocycles. The quantitative estimate of drug-likeness (QED) is 0.835. The molecule has 1 heterocycles. The van der Waals surface area contributed by atoms with Gasteiger partial charge in [-0.25, -0.2) is 0 Å². The zero-order valence-corrected chi connectivity index (χ0v) is 11.1. The maximum absolute atomic E-state index is 12.1. The zero-order chi connectivity index (χ0) is 12.8. The van der Waals surface area contributed by atoms with E-state index in [4.69, 9.17) is 0 Å². The zero-order valence-electron chi connectivity index (χ0n) is 9.56. The van der Waals surface area contributed by atoms with Gasteiger partial charge in [-0.1, -0.05) is 52.3 Å². The third kappa shape index (κ3) is 1.56. The lowest BCUT2D eigenvalue weighted by Crippen LogP contribution is -2.39. The molecule has 1 amide bonds. The normalized spacial score (nSPS) is 30.3. The number of aliphatic hydroxyl groups is 1. The second-order valence-corrected chi connectivity index (χ2v) is 5.60. The lowest BCUT2D eigenvalue weighted by Gasteiger charge is -2.28. The summed E-state index contributed by atoms with van der Waals surface area (Å²) in [5.41, 5.74) is -0.0481. The van der Waals surface area contributed by atoms with Crippen molar-refractivity contribution in [1.29, 1.82) is 0 Å². The Bertz CT molecular complexity index is 564. The van der Waals surface area contributed by atoms with Gasteiger partial charge >= 0.3 is 0 Å². The third-order valence-corrected chi connectivity index (χ3v) is 4.13. The molecule has 2 aliphatic rings. The Morgan fingerprint density at radius 3 is 2.72 bits per heavy atom. The van der Waals surface area contributed by atoms with Gasteiger partial charge in [0.05, 0.1) is 0 Å². The van der Waals surface area contributed by atoms with Crippen molar-refractivity contribution in [1.82, 2.24) is 5.32 Å². The van der Waals surface area contributed by atoms with Gasteiger partial charge < -0.3 is 10.4 Å². The molecule has 3 nitrogen and oxygen atoms in total. The van der Waals surface area contributed by atoms with Gasteiger partial charge in [0.2, 0.25) is 0 Å². The van der Waals surface area contributed by atoms with E-state index in [2.05, 4.69) is 21.2 Å². The summed E-state index contributed by atoms with van der Waals surface area (Å²) in [7, 11) is 0. The molecule has 0 spiro atoms. The third-order valence-electron chi connectivity index (χ3n) is 3.54. The smallest absolute Gasteiger partial charge is 0.261 e. The van der Waals surface area contributed by atoms with Crippen LogP contribution in [0.2, 0.25) is 0 Å². The fraction of sp³-hybridized carbons (Fsp3) is 0.214. The van der Waals surface area contributed by atoms with E-state index in [-0.39, 0.29) is 11.8 Å². The van der Waals surface area contributed by atoms with E-state index in [0.29, 0.717) is 12.0 Å². The number of hydrogen-bond donors (Lipinski definition) is 2. The molecule has 1 aliphatic heterocycles. The first kappa shape index (κ1) is 11.7. The molecular formula is C14H12BrNO2. The molecule has 1 aliphatic carbocycles. The molecular weight excluding hydrogens is 294 g/mol. The number of nitrogens with one attached hydrogen (secondary N) is 1. The number of benzene rings is 1. The number of fused-ring (bicyclic) bond motifs is 1. The molecule has 1 fully saturated rings. The summed E-state index contributed by atoms with van der Waals surface area (Å²) >= 11 is 3.44. The standard InChI is InChI=1S/C14H12BrNO2/c15-10-6-7-12-11(8-10)14(18,13(17)16-12)9-4-2-1-3-5-9/h1-7,11,18H,8H2,(H,16,17). The summed E-state index contributed by atoms with van der Waals surface area (Å²) in [6.07, 6.45) is 4.37. The van der Waals surface area contributed by atoms with Crippen molar-refractivity contribution in [3.8, 4) is 0 Å². The molecule has 18 heavy (non-hydrogen) atoms. The Hall–Kier alpha value is -1.39. The van der Waals surface area contributed by atoms with Crippen molar-refractivity contribution < 1.29 is 9.90 Å². The van der Waals surface area contributed by atoms with Crippen molar-refractivity contribution in [2.45, 2.75) is 12.0 Å². The molecule has 4 heteroatoms. The molecule has 3 rings (SSSR count). The van der Waals surface area contributed by atoms with Gasteiger partial charge in [0.25, 0.3) is 5.91 Å². The highest BCUT2D eigenvalue weighted by Gasteiger charge is 2.53. The van der Waals surface area contributed by atoms with Crippen LogP contribution in [0.25, 0.3) is 0 Å². The van der Waals surface area contributed by atoms with Gasteiger partial charge in [-0.15, -0.1) is 0 Å². The minimum Gasteiger partial charge on any atom is -0.375 e. The maximum atomic E-state index is 12.1. The second-order valence-electron chi connectivity index (χ2n) is 4.58. The van der Waals surface area contributed by atoms with Crippen LogP contribution in [0.4, 0.5) is 0 Å². The maximum Gasteiger partial charge on any atom is 0.261 e. The number of halogens is 1. The molecule has 0 radical (unpaired) electrons. The minimum atomic E-state index is -1.47. The average molecular weight is 306 g/mol. The summed E-state index contributed by atoms with van der Waals surface area (Å²) in [6, 6.07) is 9.10. The molecule has 2 atom stereocenters. The van der Waals surface area contributed by atoms with Crippen molar-refractivity contribution in [3.05, 3.63) is 58.2 Å². The van der Waals surface area contributed by atoms with Crippen LogP contribution in [0.15, 0.2) is 52.7 Å².